The summed E-state index contributed by atoms with van der Waals surface area (Å²) < 4.78 is 26.7. The van der Waals surface area contributed by atoms with Crippen molar-refractivity contribution in [2.75, 3.05) is 6.61 Å². The summed E-state index contributed by atoms with van der Waals surface area (Å²) in [5.41, 5.74) is 10.8. The predicted molar refractivity (Wildman–Crippen MR) is 137 cm³/mol. The fraction of sp³-hybridized carbons (Fsp3) is 0.385. The number of hydrogen-bond donors (Lipinski definition) is 2. The van der Waals surface area contributed by atoms with Crippen LogP contribution >= 0.6 is 0 Å². The highest BCUT2D eigenvalue weighted by atomic mass is 16.7. The molecule has 40 heavy (non-hydrogen) atoms. The van der Waals surface area contributed by atoms with E-state index >= 15 is 0 Å². The summed E-state index contributed by atoms with van der Waals surface area (Å²) in [6.45, 7) is 1.74. The largest absolute Gasteiger partial charge is 0.463 e. The van der Waals surface area contributed by atoms with Gasteiger partial charge in [0.15, 0.2) is 0 Å². The minimum atomic E-state index is -1.49. The van der Waals surface area contributed by atoms with Gasteiger partial charge in [-0.2, -0.15) is 0 Å². The van der Waals surface area contributed by atoms with E-state index in [0.29, 0.717) is 5.56 Å². The summed E-state index contributed by atoms with van der Waals surface area (Å²) in [5.74, 6) is -1.42. The van der Waals surface area contributed by atoms with Crippen LogP contribution in [0.25, 0.3) is 10.4 Å². The Morgan fingerprint density at radius 3 is 1.82 bits per heavy atom. The SMILES string of the molecule is CC(=O)OC[C@H]1O[C@H](OC(C)=O)[C@H](NC(=O)OCc2ccccc2)[C@@H](N=[N+]=[N-])[C@@H]1NC(=O)OCc1ccccc1. The van der Waals surface area contributed by atoms with E-state index in [9.17, 15) is 24.7 Å². The van der Waals surface area contributed by atoms with E-state index in [1.807, 2.05) is 6.07 Å². The summed E-state index contributed by atoms with van der Waals surface area (Å²) in [7, 11) is 0. The van der Waals surface area contributed by atoms with Crippen LogP contribution in [0.1, 0.15) is 25.0 Å². The van der Waals surface area contributed by atoms with Crippen LogP contribution in [-0.4, -0.2) is 61.3 Å². The zero-order valence-electron chi connectivity index (χ0n) is 21.8. The minimum Gasteiger partial charge on any atom is -0.463 e. The van der Waals surface area contributed by atoms with E-state index < -0.39 is 61.3 Å². The lowest BCUT2D eigenvalue weighted by Gasteiger charge is -2.44. The fourth-order valence-electron chi connectivity index (χ4n) is 3.89. The van der Waals surface area contributed by atoms with Crippen molar-refractivity contribution in [1.82, 2.24) is 10.6 Å². The molecule has 0 radical (unpaired) electrons. The molecule has 0 saturated carbocycles. The Bertz CT molecular complexity index is 1210. The van der Waals surface area contributed by atoms with Gasteiger partial charge in [-0.05, 0) is 16.7 Å². The average Bonchev–Trinajstić information content (AvgIpc) is 2.93. The first-order valence-electron chi connectivity index (χ1n) is 12.2. The van der Waals surface area contributed by atoms with E-state index in [-0.39, 0.29) is 13.2 Å². The molecule has 5 atom stereocenters. The lowest BCUT2D eigenvalue weighted by atomic mass is 9.92. The highest BCUT2D eigenvalue weighted by molar-refractivity contribution is 5.70. The van der Waals surface area contributed by atoms with Gasteiger partial charge in [0.25, 0.3) is 0 Å². The smallest absolute Gasteiger partial charge is 0.407 e. The monoisotopic (exact) mass is 555 g/mol. The van der Waals surface area contributed by atoms with Crippen molar-refractivity contribution in [3.63, 3.8) is 0 Å². The van der Waals surface area contributed by atoms with E-state index in [2.05, 4.69) is 20.7 Å². The van der Waals surface area contributed by atoms with Gasteiger partial charge in [0.1, 0.15) is 32.0 Å². The predicted octanol–water partition coefficient (Wildman–Crippen LogP) is 3.11. The van der Waals surface area contributed by atoms with E-state index in [1.165, 1.54) is 6.92 Å². The number of ether oxygens (including phenoxy) is 5. The zero-order chi connectivity index (χ0) is 28.9. The number of carbonyl (C=O) groups is 4. The van der Waals surface area contributed by atoms with Crippen molar-refractivity contribution in [3.8, 4) is 0 Å². The maximum atomic E-state index is 12.7. The first-order chi connectivity index (χ1) is 19.3. The molecule has 0 aliphatic carbocycles. The first kappa shape index (κ1) is 29.7. The van der Waals surface area contributed by atoms with Gasteiger partial charge < -0.3 is 34.3 Å². The van der Waals surface area contributed by atoms with E-state index in [0.717, 1.165) is 12.5 Å². The molecule has 14 nitrogen and oxygen atoms in total. The summed E-state index contributed by atoms with van der Waals surface area (Å²) in [5, 5.41) is 8.81. The number of esters is 2. The Labute approximate surface area is 229 Å². The number of azide groups is 1. The third kappa shape index (κ3) is 9.19. The second kappa shape index (κ2) is 15.0. The van der Waals surface area contributed by atoms with Gasteiger partial charge in [-0.15, -0.1) is 0 Å². The molecule has 212 valence electrons. The third-order valence-electron chi connectivity index (χ3n) is 5.65. The number of hydrogen-bond acceptors (Lipinski definition) is 10. The van der Waals surface area contributed by atoms with E-state index in [1.54, 1.807) is 54.6 Å². The van der Waals surface area contributed by atoms with Crippen LogP contribution in [0.5, 0.6) is 0 Å². The molecule has 1 aliphatic heterocycles. The third-order valence-corrected chi connectivity index (χ3v) is 5.65. The first-order valence-corrected chi connectivity index (χ1v) is 12.2. The number of carbonyl (C=O) groups excluding carboxylic acids is 4. The molecule has 2 aromatic rings. The molecular weight excluding hydrogens is 526 g/mol. The molecule has 1 saturated heterocycles. The maximum Gasteiger partial charge on any atom is 0.407 e. The molecule has 0 aromatic heterocycles. The molecule has 2 aromatic carbocycles. The lowest BCUT2D eigenvalue weighted by Crippen LogP contribution is -2.68. The Morgan fingerprint density at radius 2 is 1.35 bits per heavy atom. The van der Waals surface area contributed by atoms with Crippen molar-refractivity contribution >= 4 is 24.1 Å². The molecule has 2 amide bonds. The average molecular weight is 556 g/mol. The number of amides is 2. The Morgan fingerprint density at radius 1 is 0.825 bits per heavy atom. The molecule has 3 rings (SSSR count). The van der Waals surface area contributed by atoms with Crippen LogP contribution in [0.3, 0.4) is 0 Å². The van der Waals surface area contributed by atoms with Gasteiger partial charge >= 0.3 is 24.1 Å². The molecule has 0 unspecified atom stereocenters. The summed E-state index contributed by atoms with van der Waals surface area (Å²) in [4.78, 5) is 51.6. The van der Waals surface area contributed by atoms with Gasteiger partial charge in [0, 0.05) is 18.8 Å². The van der Waals surface area contributed by atoms with Crippen molar-refractivity contribution in [2.24, 2.45) is 5.11 Å². The number of nitrogens with zero attached hydrogens (tertiary/aromatic N) is 3. The summed E-state index contributed by atoms with van der Waals surface area (Å²) in [6, 6.07) is 13.9. The molecular formula is C26H29N5O9. The zero-order valence-corrected chi connectivity index (χ0v) is 21.8. The molecule has 0 bridgehead atoms. The quantitative estimate of drug-likeness (QED) is 0.146. The van der Waals surface area contributed by atoms with Gasteiger partial charge in [-0.25, -0.2) is 9.59 Å². The van der Waals surface area contributed by atoms with Crippen LogP contribution < -0.4 is 10.6 Å². The van der Waals surface area contributed by atoms with Crippen molar-refractivity contribution in [3.05, 3.63) is 82.2 Å². The molecule has 1 aliphatic rings. The maximum absolute atomic E-state index is 12.7. The van der Waals surface area contributed by atoms with Gasteiger partial charge in [-0.3, -0.25) is 9.59 Å². The van der Waals surface area contributed by atoms with Crippen LogP contribution in [0, 0.1) is 0 Å². The number of benzene rings is 2. The highest BCUT2D eigenvalue weighted by Crippen LogP contribution is 2.26. The fourth-order valence-corrected chi connectivity index (χ4v) is 3.89. The molecule has 1 heterocycles. The summed E-state index contributed by atoms with van der Waals surface area (Å²) in [6.07, 6.45) is -4.49. The molecule has 0 spiro atoms. The Hall–Kier alpha value is -4.81. The lowest BCUT2D eigenvalue weighted by molar-refractivity contribution is -0.224. The highest BCUT2D eigenvalue weighted by Gasteiger charge is 2.49. The number of rotatable bonds is 10. The van der Waals surface area contributed by atoms with Gasteiger partial charge in [-0.1, -0.05) is 65.8 Å². The van der Waals surface area contributed by atoms with Crippen LogP contribution in [0.4, 0.5) is 9.59 Å². The molecule has 1 fully saturated rings. The molecule has 2 N–H and O–H groups in total. The van der Waals surface area contributed by atoms with Crippen molar-refractivity contribution in [2.45, 2.75) is 57.6 Å². The van der Waals surface area contributed by atoms with Crippen LogP contribution in [0.15, 0.2) is 65.8 Å². The second-order valence-electron chi connectivity index (χ2n) is 8.61. The second-order valence-corrected chi connectivity index (χ2v) is 8.61. The van der Waals surface area contributed by atoms with E-state index in [4.69, 9.17) is 23.7 Å². The normalized spacial score (nSPS) is 21.6. The minimum absolute atomic E-state index is 0.0649. The topological polar surface area (TPSA) is 187 Å². The standard InChI is InChI=1S/C26H29N5O9/c1-16(32)36-15-20-21(28-25(34)37-13-18-9-5-3-6-10-18)22(30-31-27)23(24(40-20)39-17(2)33)29-26(35)38-14-19-11-7-4-8-12-19/h3-12,20-24H,13-15H2,1-2H3,(H,28,34)(H,29,35)/t20-,21-,22+,23-,24+/m1/s1. The Kier molecular flexibility index (Phi) is 11.1. The molecule has 14 heteroatoms. The van der Waals surface area contributed by atoms with Gasteiger partial charge in [0.2, 0.25) is 6.29 Å². The Balaban J connectivity index is 1.82. The summed E-state index contributed by atoms with van der Waals surface area (Å²) >= 11 is 0. The van der Waals surface area contributed by atoms with Gasteiger partial charge in [0.05, 0.1) is 12.1 Å². The van der Waals surface area contributed by atoms with Crippen LogP contribution in [0.2, 0.25) is 0 Å². The van der Waals surface area contributed by atoms with Crippen LogP contribution in [-0.2, 0) is 46.5 Å². The van der Waals surface area contributed by atoms with Crippen molar-refractivity contribution < 1.29 is 42.9 Å². The number of nitrogens with one attached hydrogen (secondary N) is 2. The number of alkyl carbamates (subject to hydrolysis) is 2. The van der Waals surface area contributed by atoms with Crippen molar-refractivity contribution in [1.29, 1.82) is 0 Å².